The van der Waals surface area contributed by atoms with Gasteiger partial charge in [-0.2, -0.15) is 26.3 Å². The first kappa shape index (κ1) is 22.3. The maximum absolute atomic E-state index is 12.7. The van der Waals surface area contributed by atoms with Crippen LogP contribution in [-0.4, -0.2) is 30.3 Å². The number of ether oxygens (including phenoxy) is 2. The minimum absolute atomic E-state index is 0.0857. The molecule has 29 heavy (non-hydrogen) atoms. The molecule has 1 aromatic carbocycles. The lowest BCUT2D eigenvalue weighted by molar-refractivity contribution is -0.153. The Morgan fingerprint density at radius 3 is 2.38 bits per heavy atom. The Bertz CT molecular complexity index is 822. The second-order valence-corrected chi connectivity index (χ2v) is 5.93. The number of carbonyl (C=O) groups is 1. The Morgan fingerprint density at radius 1 is 1.07 bits per heavy atom. The highest BCUT2D eigenvalue weighted by Crippen LogP contribution is 2.31. The number of aromatic nitrogens is 1. The van der Waals surface area contributed by atoms with Crippen LogP contribution in [0.3, 0.4) is 0 Å². The standard InChI is InChI=1S/C18H16F6N2O3/c1-11(15-6-5-14(8-25-15)29-10-17(19,20)21)26-16(27)9-28-13-4-2-3-12(7-13)18(22,23)24/h2-8,11H,9-10H2,1H3,(H,26,27)/t11-/m1/s1. The Labute approximate surface area is 161 Å². The van der Waals surface area contributed by atoms with Crippen LogP contribution >= 0.6 is 0 Å². The number of halogens is 6. The predicted octanol–water partition coefficient (Wildman–Crippen LogP) is 4.30. The number of benzene rings is 1. The van der Waals surface area contributed by atoms with Crippen molar-refractivity contribution >= 4 is 5.91 Å². The van der Waals surface area contributed by atoms with Crippen molar-refractivity contribution in [3.8, 4) is 11.5 Å². The number of carbonyl (C=O) groups excluding carboxylic acids is 1. The zero-order valence-electron chi connectivity index (χ0n) is 15.0. The maximum Gasteiger partial charge on any atom is 0.422 e. The van der Waals surface area contributed by atoms with Crippen molar-refractivity contribution < 1.29 is 40.6 Å². The fourth-order valence-electron chi connectivity index (χ4n) is 2.17. The van der Waals surface area contributed by atoms with Gasteiger partial charge in [0.25, 0.3) is 5.91 Å². The highest BCUT2D eigenvalue weighted by Gasteiger charge is 2.30. The van der Waals surface area contributed by atoms with Gasteiger partial charge in [0.15, 0.2) is 13.2 Å². The van der Waals surface area contributed by atoms with E-state index in [1.165, 1.54) is 18.2 Å². The normalized spacial score (nSPS) is 12.9. The molecule has 158 valence electrons. The summed E-state index contributed by atoms with van der Waals surface area (Å²) in [6.45, 7) is -0.410. The number of hydrogen-bond donors (Lipinski definition) is 1. The van der Waals surface area contributed by atoms with Crippen molar-refractivity contribution in [1.29, 1.82) is 0 Å². The average Bonchev–Trinajstić information content (AvgIpc) is 2.64. The van der Waals surface area contributed by atoms with Gasteiger partial charge in [0.1, 0.15) is 11.5 Å². The lowest BCUT2D eigenvalue weighted by Crippen LogP contribution is -2.31. The van der Waals surface area contributed by atoms with Crippen molar-refractivity contribution in [3.63, 3.8) is 0 Å². The minimum atomic E-state index is -4.53. The fraction of sp³-hybridized carbons (Fsp3) is 0.333. The summed E-state index contributed by atoms with van der Waals surface area (Å²) in [5.74, 6) is -0.821. The zero-order chi connectivity index (χ0) is 21.7. The van der Waals surface area contributed by atoms with Crippen LogP contribution in [-0.2, 0) is 11.0 Å². The largest absolute Gasteiger partial charge is 0.484 e. The third kappa shape index (κ3) is 7.51. The monoisotopic (exact) mass is 422 g/mol. The van der Waals surface area contributed by atoms with E-state index in [1.807, 2.05) is 0 Å². The number of nitrogens with zero attached hydrogens (tertiary/aromatic N) is 1. The fourth-order valence-corrected chi connectivity index (χ4v) is 2.17. The molecule has 1 atom stereocenters. The van der Waals surface area contributed by atoms with Crippen molar-refractivity contribution in [2.75, 3.05) is 13.2 Å². The minimum Gasteiger partial charge on any atom is -0.484 e. The van der Waals surface area contributed by atoms with Crippen LogP contribution in [0.2, 0.25) is 0 Å². The summed E-state index contributed by atoms with van der Waals surface area (Å²) in [6.07, 6.45) is -7.92. The number of amides is 1. The first-order valence-corrected chi connectivity index (χ1v) is 8.19. The van der Waals surface area contributed by atoms with E-state index < -0.39 is 43.1 Å². The van der Waals surface area contributed by atoms with Crippen molar-refractivity contribution in [1.82, 2.24) is 10.3 Å². The smallest absolute Gasteiger partial charge is 0.422 e. The molecule has 11 heteroatoms. The number of hydrogen-bond acceptors (Lipinski definition) is 4. The molecule has 2 aromatic rings. The van der Waals surface area contributed by atoms with E-state index in [4.69, 9.17) is 4.74 Å². The highest BCUT2D eigenvalue weighted by molar-refractivity contribution is 5.77. The summed E-state index contributed by atoms with van der Waals surface area (Å²) in [7, 11) is 0. The van der Waals surface area contributed by atoms with E-state index in [0.29, 0.717) is 5.69 Å². The Kier molecular flexibility index (Phi) is 6.93. The van der Waals surface area contributed by atoms with Crippen LogP contribution in [0.5, 0.6) is 11.5 Å². The van der Waals surface area contributed by atoms with Crippen LogP contribution in [0.4, 0.5) is 26.3 Å². The molecular formula is C18H16F6N2O3. The molecule has 0 spiro atoms. The first-order chi connectivity index (χ1) is 13.4. The van der Waals surface area contributed by atoms with Crippen LogP contribution in [0.1, 0.15) is 24.2 Å². The lowest BCUT2D eigenvalue weighted by atomic mass is 10.2. The molecule has 1 amide bonds. The summed E-state index contributed by atoms with van der Waals surface area (Å²) >= 11 is 0. The zero-order valence-corrected chi connectivity index (χ0v) is 15.0. The summed E-state index contributed by atoms with van der Waals surface area (Å²) in [5, 5.41) is 2.52. The van der Waals surface area contributed by atoms with Gasteiger partial charge in [-0.1, -0.05) is 6.07 Å². The molecule has 0 saturated carbocycles. The lowest BCUT2D eigenvalue weighted by Gasteiger charge is -2.15. The molecule has 2 rings (SSSR count). The molecule has 0 radical (unpaired) electrons. The van der Waals surface area contributed by atoms with Gasteiger partial charge in [-0.15, -0.1) is 0 Å². The van der Waals surface area contributed by atoms with Crippen molar-refractivity contribution in [2.45, 2.75) is 25.3 Å². The van der Waals surface area contributed by atoms with Crippen LogP contribution in [0.25, 0.3) is 0 Å². The molecule has 1 N–H and O–H groups in total. The summed E-state index contributed by atoms with van der Waals surface area (Å²) in [4.78, 5) is 15.8. The maximum atomic E-state index is 12.7. The third-order valence-electron chi connectivity index (χ3n) is 3.51. The molecule has 1 aromatic heterocycles. The second-order valence-electron chi connectivity index (χ2n) is 5.93. The van der Waals surface area contributed by atoms with E-state index in [1.54, 1.807) is 6.92 Å². The molecule has 0 fully saturated rings. The number of pyridine rings is 1. The van der Waals surface area contributed by atoms with E-state index >= 15 is 0 Å². The van der Waals surface area contributed by atoms with Gasteiger partial charge in [0.05, 0.1) is 23.5 Å². The van der Waals surface area contributed by atoms with E-state index in [-0.39, 0.29) is 11.5 Å². The molecule has 0 aliphatic rings. The Hall–Kier alpha value is -2.98. The van der Waals surface area contributed by atoms with Gasteiger partial charge in [-0.3, -0.25) is 9.78 Å². The van der Waals surface area contributed by atoms with E-state index in [0.717, 1.165) is 24.4 Å². The summed E-state index contributed by atoms with van der Waals surface area (Å²) in [5.41, 5.74) is -0.558. The molecular weight excluding hydrogens is 406 g/mol. The number of alkyl halides is 6. The SMILES string of the molecule is C[C@@H](NC(=O)COc1cccc(C(F)(F)F)c1)c1ccc(OCC(F)(F)F)cn1. The van der Waals surface area contributed by atoms with E-state index in [2.05, 4.69) is 15.0 Å². The second kappa shape index (κ2) is 9.01. The Morgan fingerprint density at radius 2 is 1.79 bits per heavy atom. The first-order valence-electron chi connectivity index (χ1n) is 8.19. The quantitative estimate of drug-likeness (QED) is 0.676. The van der Waals surface area contributed by atoms with Crippen molar-refractivity contribution in [2.24, 2.45) is 0 Å². The molecule has 5 nitrogen and oxygen atoms in total. The molecule has 1 heterocycles. The van der Waals surface area contributed by atoms with Gasteiger partial charge < -0.3 is 14.8 Å². The molecule has 0 bridgehead atoms. The average molecular weight is 422 g/mol. The van der Waals surface area contributed by atoms with Crippen molar-refractivity contribution in [3.05, 3.63) is 53.9 Å². The highest BCUT2D eigenvalue weighted by atomic mass is 19.4. The van der Waals surface area contributed by atoms with Crippen LogP contribution in [0, 0.1) is 0 Å². The molecule has 0 aliphatic carbocycles. The van der Waals surface area contributed by atoms with Gasteiger partial charge >= 0.3 is 12.4 Å². The van der Waals surface area contributed by atoms with E-state index in [9.17, 15) is 31.1 Å². The summed E-state index contributed by atoms with van der Waals surface area (Å²) in [6, 6.07) is 6.13. The Balaban J connectivity index is 1.86. The van der Waals surface area contributed by atoms with Gasteiger partial charge in [0, 0.05) is 0 Å². The predicted molar refractivity (Wildman–Crippen MR) is 89.3 cm³/mol. The van der Waals surface area contributed by atoms with Gasteiger partial charge in [0.2, 0.25) is 0 Å². The van der Waals surface area contributed by atoms with Crippen LogP contribution in [0.15, 0.2) is 42.6 Å². The van der Waals surface area contributed by atoms with Gasteiger partial charge in [-0.25, -0.2) is 0 Å². The molecule has 0 saturated heterocycles. The number of nitrogens with one attached hydrogen (secondary N) is 1. The molecule has 0 unspecified atom stereocenters. The van der Waals surface area contributed by atoms with Gasteiger partial charge in [-0.05, 0) is 37.3 Å². The number of rotatable bonds is 7. The third-order valence-corrected chi connectivity index (χ3v) is 3.51. The topological polar surface area (TPSA) is 60.5 Å². The molecule has 0 aliphatic heterocycles. The summed E-state index contributed by atoms with van der Waals surface area (Å²) < 4.78 is 83.9. The van der Waals surface area contributed by atoms with Crippen LogP contribution < -0.4 is 14.8 Å².